The van der Waals surface area contributed by atoms with Gasteiger partial charge in [0.2, 0.25) is 0 Å². The van der Waals surface area contributed by atoms with Gasteiger partial charge in [-0.1, -0.05) is 43.5 Å². The highest BCUT2D eigenvalue weighted by atomic mass is 19.1. The second kappa shape index (κ2) is 7.74. The Kier molecular flexibility index (Phi) is 4.94. The fraction of sp³-hybridized carbons (Fsp3) is 0.440. The summed E-state index contributed by atoms with van der Waals surface area (Å²) in [5, 5.41) is 0. The summed E-state index contributed by atoms with van der Waals surface area (Å²) in [4.78, 5) is 17.0. The first-order valence-corrected chi connectivity index (χ1v) is 10.8. The topological polar surface area (TPSA) is 39.2 Å². The number of ether oxygens (including phenoxy) is 1. The average molecular weight is 391 g/mol. The van der Waals surface area contributed by atoms with Gasteiger partial charge >= 0.3 is 5.97 Å². The van der Waals surface area contributed by atoms with Crippen LogP contribution in [0.5, 0.6) is 0 Å². The Bertz CT molecular complexity index is 923. The number of rotatable bonds is 3. The van der Waals surface area contributed by atoms with Crippen molar-refractivity contribution >= 4 is 12.0 Å². The molecule has 29 heavy (non-hydrogen) atoms. The molecule has 0 N–H and O–H groups in total. The highest BCUT2D eigenvalue weighted by molar-refractivity contribution is 5.76. The van der Waals surface area contributed by atoms with E-state index < -0.39 is 0 Å². The number of esters is 1. The fourth-order valence-electron chi connectivity index (χ4n) is 5.77. The first kappa shape index (κ1) is 18.5. The van der Waals surface area contributed by atoms with E-state index in [1.165, 1.54) is 37.8 Å². The Morgan fingerprint density at radius 1 is 1.07 bits per heavy atom. The van der Waals surface area contributed by atoms with E-state index in [0.717, 1.165) is 29.2 Å². The average Bonchev–Trinajstić information content (AvgIpc) is 3.12. The molecule has 1 aliphatic heterocycles. The summed E-state index contributed by atoms with van der Waals surface area (Å²) in [5.74, 6) is 1.68. The molecular formula is C25H26FNO2. The molecule has 2 saturated carbocycles. The number of allylic oxidation sites excluding steroid dienone is 1. The second-order valence-corrected chi connectivity index (χ2v) is 8.78. The van der Waals surface area contributed by atoms with Crippen LogP contribution in [-0.4, -0.2) is 17.6 Å². The molecule has 4 heteroatoms. The molecule has 1 aromatic heterocycles. The maximum absolute atomic E-state index is 13.5. The number of carbonyl (C=O) groups is 1. The molecule has 150 valence electrons. The van der Waals surface area contributed by atoms with Gasteiger partial charge in [-0.3, -0.25) is 9.78 Å². The Hall–Kier alpha value is -2.49. The van der Waals surface area contributed by atoms with Gasteiger partial charge in [-0.15, -0.1) is 0 Å². The summed E-state index contributed by atoms with van der Waals surface area (Å²) >= 11 is 0. The molecular weight excluding hydrogens is 365 g/mol. The Balaban J connectivity index is 1.38. The number of cyclic esters (lactones) is 1. The van der Waals surface area contributed by atoms with Gasteiger partial charge in [0.15, 0.2) is 0 Å². The molecule has 0 amide bonds. The van der Waals surface area contributed by atoms with Gasteiger partial charge in [0.25, 0.3) is 0 Å². The van der Waals surface area contributed by atoms with Crippen LogP contribution in [0.2, 0.25) is 0 Å². The number of nitrogens with zero attached hydrogens (tertiary/aromatic N) is 1. The van der Waals surface area contributed by atoms with E-state index in [9.17, 15) is 9.18 Å². The number of aromatic nitrogens is 1. The van der Waals surface area contributed by atoms with Crippen molar-refractivity contribution in [3.05, 3.63) is 60.2 Å². The highest BCUT2D eigenvalue weighted by Gasteiger charge is 2.51. The minimum atomic E-state index is -0.246. The number of hydrogen-bond acceptors (Lipinski definition) is 3. The minimum Gasteiger partial charge on any atom is -0.465 e. The van der Waals surface area contributed by atoms with Gasteiger partial charge in [0.1, 0.15) is 5.82 Å². The van der Waals surface area contributed by atoms with Crippen LogP contribution < -0.4 is 0 Å². The van der Waals surface area contributed by atoms with E-state index >= 15 is 0 Å². The molecule has 0 radical (unpaired) electrons. The molecule has 5 atom stereocenters. The zero-order valence-electron chi connectivity index (χ0n) is 16.5. The van der Waals surface area contributed by atoms with Gasteiger partial charge in [-0.05, 0) is 60.4 Å². The maximum atomic E-state index is 13.5. The predicted molar refractivity (Wildman–Crippen MR) is 110 cm³/mol. The van der Waals surface area contributed by atoms with E-state index in [2.05, 4.69) is 17.1 Å². The van der Waals surface area contributed by atoms with Gasteiger partial charge in [-0.2, -0.15) is 0 Å². The van der Waals surface area contributed by atoms with E-state index in [-0.39, 0.29) is 23.6 Å². The molecule has 5 unspecified atom stereocenters. The lowest BCUT2D eigenvalue weighted by Gasteiger charge is -2.44. The molecule has 2 aliphatic carbocycles. The largest absolute Gasteiger partial charge is 0.465 e. The Labute approximate surface area is 171 Å². The maximum Gasteiger partial charge on any atom is 0.309 e. The zero-order valence-corrected chi connectivity index (χ0v) is 16.5. The smallest absolute Gasteiger partial charge is 0.309 e. The predicted octanol–water partition coefficient (Wildman–Crippen LogP) is 5.52. The van der Waals surface area contributed by atoms with Gasteiger partial charge < -0.3 is 4.74 Å². The Morgan fingerprint density at radius 3 is 2.79 bits per heavy atom. The van der Waals surface area contributed by atoms with E-state index in [1.807, 2.05) is 18.2 Å². The number of benzene rings is 1. The first-order valence-electron chi connectivity index (χ1n) is 10.8. The molecule has 0 spiro atoms. The third-order valence-corrected chi connectivity index (χ3v) is 7.14. The normalized spacial score (nSPS) is 31.3. The summed E-state index contributed by atoms with van der Waals surface area (Å²) in [6.45, 7) is 0.595. The SMILES string of the molecule is O=C1OCC2CC3CCCCC3C(/C=C/c3ccc(-c4cccc(F)c4)cn3)C12. The summed E-state index contributed by atoms with van der Waals surface area (Å²) in [7, 11) is 0. The summed E-state index contributed by atoms with van der Waals surface area (Å²) in [6, 6.07) is 10.5. The van der Waals surface area contributed by atoms with Crippen LogP contribution in [0.3, 0.4) is 0 Å². The monoisotopic (exact) mass is 391 g/mol. The van der Waals surface area contributed by atoms with Crippen LogP contribution >= 0.6 is 0 Å². The Morgan fingerprint density at radius 2 is 1.97 bits per heavy atom. The molecule has 0 bridgehead atoms. The summed E-state index contributed by atoms with van der Waals surface area (Å²) in [5.41, 5.74) is 2.58. The van der Waals surface area contributed by atoms with Gasteiger partial charge in [0.05, 0.1) is 18.2 Å². The van der Waals surface area contributed by atoms with E-state index in [0.29, 0.717) is 18.4 Å². The molecule has 3 aliphatic rings. The molecule has 1 saturated heterocycles. The number of hydrogen-bond donors (Lipinski definition) is 0. The standard InChI is InChI=1S/C25H26FNO2/c26-20-6-3-5-16(13-20)18-8-9-21(27-14-18)10-11-23-22-7-2-1-4-17(22)12-19-15-29-25(28)24(19)23/h3,5-6,8-11,13-14,17,19,22-24H,1-2,4,7,12,15H2/b11-10+. The molecule has 5 rings (SSSR count). The third kappa shape index (κ3) is 3.61. The molecule has 2 aromatic rings. The third-order valence-electron chi connectivity index (χ3n) is 7.14. The molecule has 3 fully saturated rings. The van der Waals surface area contributed by atoms with Crippen LogP contribution in [-0.2, 0) is 9.53 Å². The fourth-order valence-corrected chi connectivity index (χ4v) is 5.77. The summed E-state index contributed by atoms with van der Waals surface area (Å²) < 4.78 is 18.9. The molecule has 3 nitrogen and oxygen atoms in total. The van der Waals surface area contributed by atoms with Crippen molar-refractivity contribution < 1.29 is 13.9 Å². The lowest BCUT2D eigenvalue weighted by molar-refractivity contribution is -0.143. The van der Waals surface area contributed by atoms with E-state index in [1.54, 1.807) is 12.3 Å². The number of fused-ring (bicyclic) bond motifs is 2. The highest BCUT2D eigenvalue weighted by Crippen LogP contribution is 2.51. The van der Waals surface area contributed by atoms with Crippen molar-refractivity contribution in [3.8, 4) is 11.1 Å². The number of pyridine rings is 1. The zero-order chi connectivity index (χ0) is 19.8. The molecule has 1 aromatic carbocycles. The first-order chi connectivity index (χ1) is 14.2. The van der Waals surface area contributed by atoms with Crippen molar-refractivity contribution in [1.29, 1.82) is 0 Å². The van der Waals surface area contributed by atoms with Crippen molar-refractivity contribution in [2.45, 2.75) is 32.1 Å². The van der Waals surface area contributed by atoms with Crippen LogP contribution in [0.15, 0.2) is 48.7 Å². The van der Waals surface area contributed by atoms with Crippen LogP contribution in [0.1, 0.15) is 37.8 Å². The quantitative estimate of drug-likeness (QED) is 0.647. The molecule has 2 heterocycles. The van der Waals surface area contributed by atoms with Gasteiger partial charge in [0, 0.05) is 17.7 Å². The van der Waals surface area contributed by atoms with Crippen molar-refractivity contribution in [2.75, 3.05) is 6.61 Å². The lowest BCUT2D eigenvalue weighted by atomic mass is 9.58. The number of carbonyl (C=O) groups excluding carboxylic acids is 1. The lowest BCUT2D eigenvalue weighted by Crippen LogP contribution is -2.41. The van der Waals surface area contributed by atoms with Crippen LogP contribution in [0.25, 0.3) is 17.2 Å². The number of halogens is 1. The van der Waals surface area contributed by atoms with Crippen molar-refractivity contribution in [2.24, 2.45) is 29.6 Å². The summed E-state index contributed by atoms with van der Waals surface area (Å²) in [6.07, 6.45) is 12.3. The second-order valence-electron chi connectivity index (χ2n) is 8.78. The van der Waals surface area contributed by atoms with Gasteiger partial charge in [-0.25, -0.2) is 4.39 Å². The van der Waals surface area contributed by atoms with Crippen LogP contribution in [0, 0.1) is 35.4 Å². The van der Waals surface area contributed by atoms with E-state index in [4.69, 9.17) is 4.74 Å². The minimum absolute atomic E-state index is 0.0110. The van der Waals surface area contributed by atoms with Crippen molar-refractivity contribution in [1.82, 2.24) is 4.98 Å². The van der Waals surface area contributed by atoms with Crippen LogP contribution in [0.4, 0.5) is 4.39 Å². The van der Waals surface area contributed by atoms with Crippen molar-refractivity contribution in [3.63, 3.8) is 0 Å².